The molecule has 1 fully saturated rings. The Bertz CT molecular complexity index is 442. The van der Waals surface area contributed by atoms with Crippen LogP contribution in [0.1, 0.15) is 25.0 Å². The second-order valence-corrected chi connectivity index (χ2v) is 6.02. The summed E-state index contributed by atoms with van der Waals surface area (Å²) in [7, 11) is 0. The maximum atomic E-state index is 5.56. The lowest BCUT2D eigenvalue weighted by Gasteiger charge is -2.36. The van der Waals surface area contributed by atoms with Crippen molar-refractivity contribution in [3.8, 4) is 5.75 Å². The van der Waals surface area contributed by atoms with Gasteiger partial charge in [0, 0.05) is 38.1 Å². The molecule has 0 spiro atoms. The van der Waals surface area contributed by atoms with Crippen molar-refractivity contribution in [2.75, 3.05) is 26.2 Å². The number of nitrogens with one attached hydrogen (secondary N) is 1. The number of rotatable bonds is 3. The highest BCUT2D eigenvalue weighted by Crippen LogP contribution is 2.26. The molecule has 112 valence electrons. The fourth-order valence-electron chi connectivity index (χ4n) is 3.31. The lowest BCUT2D eigenvalue weighted by Crippen LogP contribution is -2.54. The highest BCUT2D eigenvalue weighted by atomic mass is 35.5. The van der Waals surface area contributed by atoms with E-state index in [-0.39, 0.29) is 12.4 Å². The first kappa shape index (κ1) is 15.6. The Kier molecular flexibility index (Phi) is 5.30. The minimum atomic E-state index is 0. The van der Waals surface area contributed by atoms with Gasteiger partial charge in [0.25, 0.3) is 0 Å². The molecule has 1 N–H and O–H groups in total. The molecular formula is C16H25ClN2O. The summed E-state index contributed by atoms with van der Waals surface area (Å²) in [5.41, 5.74) is 2.84. The average Bonchev–Trinajstić information content (AvgIpc) is 2.82. The van der Waals surface area contributed by atoms with E-state index in [1.165, 1.54) is 24.2 Å². The predicted octanol–water partition coefficient (Wildman–Crippen LogP) is 2.27. The molecule has 3 rings (SSSR count). The van der Waals surface area contributed by atoms with E-state index in [1.54, 1.807) is 0 Å². The summed E-state index contributed by atoms with van der Waals surface area (Å²) in [6.45, 7) is 8.89. The lowest BCUT2D eigenvalue weighted by molar-refractivity contribution is 0.175. The zero-order valence-corrected chi connectivity index (χ0v) is 13.2. The Balaban J connectivity index is 0.00000147. The van der Waals surface area contributed by atoms with Crippen molar-refractivity contribution in [1.82, 2.24) is 10.2 Å². The minimum absolute atomic E-state index is 0. The zero-order chi connectivity index (χ0) is 13.2. The molecule has 0 bridgehead atoms. The minimum Gasteiger partial charge on any atom is -0.493 e. The van der Waals surface area contributed by atoms with Crippen LogP contribution in [-0.2, 0) is 12.8 Å². The molecular weight excluding hydrogens is 272 g/mol. The van der Waals surface area contributed by atoms with Crippen LogP contribution in [-0.4, -0.2) is 43.2 Å². The molecule has 2 aliphatic rings. The number of ether oxygens (including phenoxy) is 1. The number of hydrogen-bond donors (Lipinski definition) is 1. The molecule has 0 aromatic heterocycles. The average molecular weight is 297 g/mol. The summed E-state index contributed by atoms with van der Waals surface area (Å²) in [5, 5.41) is 3.58. The van der Waals surface area contributed by atoms with Crippen LogP contribution in [0.3, 0.4) is 0 Å². The third kappa shape index (κ3) is 3.66. The second-order valence-electron chi connectivity index (χ2n) is 6.02. The Morgan fingerprint density at radius 1 is 1.25 bits per heavy atom. The molecule has 0 saturated carbocycles. The highest BCUT2D eigenvalue weighted by molar-refractivity contribution is 5.85. The largest absolute Gasteiger partial charge is 0.493 e. The number of benzene rings is 1. The smallest absolute Gasteiger partial charge is 0.122 e. The molecule has 0 aliphatic carbocycles. The summed E-state index contributed by atoms with van der Waals surface area (Å²) >= 11 is 0. The van der Waals surface area contributed by atoms with Crippen molar-refractivity contribution < 1.29 is 4.74 Å². The normalized spacial score (nSPS) is 25.7. The monoisotopic (exact) mass is 296 g/mol. The molecule has 0 amide bonds. The summed E-state index contributed by atoms with van der Waals surface area (Å²) in [6, 6.07) is 7.91. The summed E-state index contributed by atoms with van der Waals surface area (Å²) < 4.78 is 5.56. The van der Waals surface area contributed by atoms with E-state index in [2.05, 4.69) is 42.3 Å². The van der Waals surface area contributed by atoms with Crippen molar-refractivity contribution in [2.24, 2.45) is 0 Å². The fourth-order valence-corrected chi connectivity index (χ4v) is 3.31. The van der Waals surface area contributed by atoms with Crippen molar-refractivity contribution in [3.63, 3.8) is 0 Å². The Morgan fingerprint density at radius 3 is 2.75 bits per heavy atom. The van der Waals surface area contributed by atoms with Gasteiger partial charge in [-0.25, -0.2) is 0 Å². The maximum Gasteiger partial charge on any atom is 0.122 e. The first-order valence-corrected chi connectivity index (χ1v) is 7.44. The van der Waals surface area contributed by atoms with E-state index >= 15 is 0 Å². The topological polar surface area (TPSA) is 24.5 Å². The van der Waals surface area contributed by atoms with Crippen molar-refractivity contribution >= 4 is 12.4 Å². The molecule has 4 heteroatoms. The Labute approximate surface area is 128 Å². The maximum absolute atomic E-state index is 5.56. The molecule has 2 heterocycles. The van der Waals surface area contributed by atoms with Gasteiger partial charge in [0.2, 0.25) is 0 Å². The van der Waals surface area contributed by atoms with Crippen LogP contribution in [0.5, 0.6) is 5.75 Å². The highest BCUT2D eigenvalue weighted by Gasteiger charge is 2.20. The zero-order valence-electron chi connectivity index (χ0n) is 12.4. The van der Waals surface area contributed by atoms with Gasteiger partial charge in [-0.1, -0.05) is 12.1 Å². The molecule has 2 aliphatic heterocycles. The van der Waals surface area contributed by atoms with E-state index in [0.717, 1.165) is 31.7 Å². The van der Waals surface area contributed by atoms with Crippen LogP contribution < -0.4 is 10.1 Å². The quantitative estimate of drug-likeness (QED) is 0.926. The molecule has 2 atom stereocenters. The number of halogens is 1. The first-order valence-electron chi connectivity index (χ1n) is 7.44. The van der Waals surface area contributed by atoms with Gasteiger partial charge in [0.15, 0.2) is 0 Å². The SMILES string of the molecule is CC1CN(CCc2ccc3c(c2)CCO3)CC(C)N1.Cl. The van der Waals surface area contributed by atoms with Crippen LogP contribution >= 0.6 is 12.4 Å². The van der Waals surface area contributed by atoms with Crippen molar-refractivity contribution in [3.05, 3.63) is 29.3 Å². The second kappa shape index (κ2) is 6.79. The van der Waals surface area contributed by atoms with Crippen LogP contribution in [0, 0.1) is 0 Å². The van der Waals surface area contributed by atoms with Gasteiger partial charge in [-0.15, -0.1) is 12.4 Å². The van der Waals surface area contributed by atoms with Gasteiger partial charge in [0.05, 0.1) is 6.61 Å². The number of piperazine rings is 1. The standard InChI is InChI=1S/C16H24N2O.ClH/c1-12-10-18(11-13(2)17-12)7-5-14-3-4-16-15(9-14)6-8-19-16;/h3-4,9,12-13,17H,5-8,10-11H2,1-2H3;1H. The van der Waals surface area contributed by atoms with E-state index in [9.17, 15) is 0 Å². The van der Waals surface area contributed by atoms with Crippen LogP contribution in [0.25, 0.3) is 0 Å². The molecule has 1 aromatic rings. The van der Waals surface area contributed by atoms with Crippen molar-refractivity contribution in [2.45, 2.75) is 38.8 Å². The lowest BCUT2D eigenvalue weighted by atomic mass is 10.1. The molecule has 2 unspecified atom stereocenters. The summed E-state index contributed by atoms with van der Waals surface area (Å²) in [4.78, 5) is 2.58. The molecule has 1 aromatic carbocycles. The van der Waals surface area contributed by atoms with Crippen LogP contribution in [0.4, 0.5) is 0 Å². The molecule has 0 radical (unpaired) electrons. The third-order valence-corrected chi connectivity index (χ3v) is 4.10. The number of fused-ring (bicyclic) bond motifs is 1. The van der Waals surface area contributed by atoms with E-state index in [4.69, 9.17) is 4.74 Å². The molecule has 3 nitrogen and oxygen atoms in total. The van der Waals surface area contributed by atoms with Crippen molar-refractivity contribution in [1.29, 1.82) is 0 Å². The first-order chi connectivity index (χ1) is 9.20. The van der Waals surface area contributed by atoms with E-state index < -0.39 is 0 Å². The van der Waals surface area contributed by atoms with Crippen LogP contribution in [0.2, 0.25) is 0 Å². The van der Waals surface area contributed by atoms with Gasteiger partial charge in [0.1, 0.15) is 5.75 Å². The predicted molar refractivity (Wildman–Crippen MR) is 85.1 cm³/mol. The summed E-state index contributed by atoms with van der Waals surface area (Å²) in [5.74, 6) is 1.09. The van der Waals surface area contributed by atoms with Gasteiger partial charge in [-0.05, 0) is 37.5 Å². The third-order valence-electron chi connectivity index (χ3n) is 4.10. The Hall–Kier alpha value is -0.770. The number of hydrogen-bond acceptors (Lipinski definition) is 3. The van der Waals surface area contributed by atoms with Gasteiger partial charge < -0.3 is 10.1 Å². The van der Waals surface area contributed by atoms with Gasteiger partial charge >= 0.3 is 0 Å². The van der Waals surface area contributed by atoms with Crippen LogP contribution in [0.15, 0.2) is 18.2 Å². The fraction of sp³-hybridized carbons (Fsp3) is 0.625. The Morgan fingerprint density at radius 2 is 2.00 bits per heavy atom. The molecule has 1 saturated heterocycles. The van der Waals surface area contributed by atoms with Gasteiger partial charge in [-0.2, -0.15) is 0 Å². The van der Waals surface area contributed by atoms with E-state index in [0.29, 0.717) is 12.1 Å². The van der Waals surface area contributed by atoms with Gasteiger partial charge in [-0.3, -0.25) is 4.90 Å². The summed E-state index contributed by atoms with van der Waals surface area (Å²) in [6.07, 6.45) is 2.22. The van der Waals surface area contributed by atoms with E-state index in [1.807, 2.05) is 0 Å². The number of nitrogens with zero attached hydrogens (tertiary/aromatic N) is 1. The molecule has 20 heavy (non-hydrogen) atoms.